The van der Waals surface area contributed by atoms with Crippen molar-refractivity contribution >= 4 is 11.3 Å². The highest BCUT2D eigenvalue weighted by molar-refractivity contribution is 7.78. The average molecular weight is 105 g/mol. The molecule has 0 spiro atoms. The van der Waals surface area contributed by atoms with E-state index < -0.39 is 11.3 Å². The van der Waals surface area contributed by atoms with Crippen LogP contribution in [-0.2, 0) is 15.4 Å². The first-order chi connectivity index (χ1) is 2.89. The highest BCUT2D eigenvalue weighted by Gasteiger charge is 1.96. The molecule has 0 aromatic heterocycles. The van der Waals surface area contributed by atoms with Crippen molar-refractivity contribution in [1.29, 1.82) is 0 Å². The van der Waals surface area contributed by atoms with Crippen molar-refractivity contribution in [2.75, 3.05) is 0 Å². The number of nitrogens with one attached hydrogen (secondary N) is 1. The lowest BCUT2D eigenvalue weighted by Gasteiger charge is -1.82. The van der Waals surface area contributed by atoms with Gasteiger partial charge in [0.25, 0.3) is 0 Å². The van der Waals surface area contributed by atoms with Gasteiger partial charge in [0.05, 0.1) is 0 Å². The second kappa shape index (κ2) is 1.30. The van der Waals surface area contributed by atoms with Gasteiger partial charge in [0.1, 0.15) is 6.26 Å². The quantitative estimate of drug-likeness (QED) is 0.457. The number of hydrogen-bond donors (Lipinski definition) is 1. The SMILES string of the molecule is O=S1NC=CO1. The molecule has 0 aromatic rings. The van der Waals surface area contributed by atoms with Crippen molar-refractivity contribution in [1.82, 2.24) is 4.72 Å². The molecule has 1 unspecified atom stereocenters. The fourth-order valence-corrected chi connectivity index (χ4v) is 0.568. The standard InChI is InChI=1S/C2H3NO2S/c4-6-3-1-2-5-6/h1-3H. The Kier molecular flexibility index (Phi) is 0.795. The maximum atomic E-state index is 9.96. The molecule has 0 amide bonds. The summed E-state index contributed by atoms with van der Waals surface area (Å²) in [5.74, 6) is 0. The van der Waals surface area contributed by atoms with Gasteiger partial charge in [-0.15, -0.1) is 0 Å². The fourth-order valence-electron chi connectivity index (χ4n) is 0.189. The van der Waals surface area contributed by atoms with E-state index in [1.165, 1.54) is 12.5 Å². The van der Waals surface area contributed by atoms with Crippen LogP contribution in [0.3, 0.4) is 0 Å². The van der Waals surface area contributed by atoms with E-state index >= 15 is 0 Å². The summed E-state index contributed by atoms with van der Waals surface area (Å²) < 4.78 is 16.7. The fraction of sp³-hybridized carbons (Fsp3) is 0. The minimum absolute atomic E-state index is 1.28. The van der Waals surface area contributed by atoms with Crippen LogP contribution in [0.15, 0.2) is 12.5 Å². The Labute approximate surface area is 37.8 Å². The van der Waals surface area contributed by atoms with Gasteiger partial charge in [-0.1, -0.05) is 0 Å². The van der Waals surface area contributed by atoms with Gasteiger partial charge < -0.3 is 4.18 Å². The van der Waals surface area contributed by atoms with Crippen LogP contribution in [0.5, 0.6) is 0 Å². The van der Waals surface area contributed by atoms with E-state index in [-0.39, 0.29) is 0 Å². The van der Waals surface area contributed by atoms with E-state index in [1.807, 2.05) is 0 Å². The molecule has 0 saturated heterocycles. The predicted octanol–water partition coefficient (Wildman–Crippen LogP) is -0.344. The Bertz CT molecular complexity index is 89.7. The van der Waals surface area contributed by atoms with Crippen LogP contribution in [0.4, 0.5) is 0 Å². The van der Waals surface area contributed by atoms with Gasteiger partial charge in [0.2, 0.25) is 0 Å². The topological polar surface area (TPSA) is 38.3 Å². The number of hydrogen-bond acceptors (Lipinski definition) is 2. The van der Waals surface area contributed by atoms with Crippen LogP contribution >= 0.6 is 0 Å². The molecule has 0 fully saturated rings. The molecule has 34 valence electrons. The molecule has 0 radical (unpaired) electrons. The zero-order valence-corrected chi connectivity index (χ0v) is 3.70. The van der Waals surface area contributed by atoms with E-state index in [1.54, 1.807) is 0 Å². The van der Waals surface area contributed by atoms with Crippen LogP contribution in [0.1, 0.15) is 0 Å². The minimum Gasteiger partial charge on any atom is -0.391 e. The molecule has 0 aromatic carbocycles. The molecule has 4 heteroatoms. The highest BCUT2D eigenvalue weighted by atomic mass is 32.2. The Morgan fingerprint density at radius 2 is 2.67 bits per heavy atom. The van der Waals surface area contributed by atoms with Gasteiger partial charge in [-0.2, -0.15) is 4.21 Å². The first-order valence-corrected chi connectivity index (χ1v) is 2.47. The van der Waals surface area contributed by atoms with Gasteiger partial charge in [-0.3, -0.25) is 4.72 Å². The third-order valence-corrected chi connectivity index (χ3v) is 0.990. The molecule has 1 atom stereocenters. The Balaban J connectivity index is 2.52. The molecular formula is C2H3NO2S. The number of rotatable bonds is 0. The van der Waals surface area contributed by atoms with Gasteiger partial charge in [-0.25, -0.2) is 0 Å². The molecule has 1 rings (SSSR count). The van der Waals surface area contributed by atoms with Crippen molar-refractivity contribution < 1.29 is 8.39 Å². The van der Waals surface area contributed by atoms with Gasteiger partial charge in [0.15, 0.2) is 0 Å². The monoisotopic (exact) mass is 105 g/mol. The third-order valence-electron chi connectivity index (χ3n) is 0.375. The van der Waals surface area contributed by atoms with E-state index in [9.17, 15) is 4.21 Å². The summed E-state index contributed by atoms with van der Waals surface area (Å²) in [7, 11) is 0. The second-order valence-electron chi connectivity index (χ2n) is 0.752. The Hall–Kier alpha value is -0.510. The van der Waals surface area contributed by atoms with E-state index in [2.05, 4.69) is 8.91 Å². The molecule has 0 saturated carbocycles. The van der Waals surface area contributed by atoms with Crippen molar-refractivity contribution in [3.05, 3.63) is 12.5 Å². The van der Waals surface area contributed by atoms with Crippen molar-refractivity contribution in [3.8, 4) is 0 Å². The Morgan fingerprint density at radius 1 is 1.83 bits per heavy atom. The van der Waals surface area contributed by atoms with Crippen molar-refractivity contribution in [3.63, 3.8) is 0 Å². The molecular weight excluding hydrogens is 102 g/mol. The van der Waals surface area contributed by atoms with Crippen LogP contribution in [-0.4, -0.2) is 4.21 Å². The molecule has 1 N–H and O–H groups in total. The first kappa shape index (κ1) is 3.67. The van der Waals surface area contributed by atoms with E-state index in [0.29, 0.717) is 0 Å². The smallest absolute Gasteiger partial charge is 0.315 e. The van der Waals surface area contributed by atoms with Crippen molar-refractivity contribution in [2.24, 2.45) is 0 Å². The second-order valence-corrected chi connectivity index (χ2v) is 1.65. The summed E-state index contributed by atoms with van der Waals surface area (Å²) in [6.07, 6.45) is 2.83. The van der Waals surface area contributed by atoms with Gasteiger partial charge in [-0.05, 0) is 0 Å². The molecule has 6 heavy (non-hydrogen) atoms. The van der Waals surface area contributed by atoms with Gasteiger partial charge in [0, 0.05) is 6.20 Å². The lowest BCUT2D eigenvalue weighted by Crippen LogP contribution is -2.01. The highest BCUT2D eigenvalue weighted by Crippen LogP contribution is 1.87. The van der Waals surface area contributed by atoms with E-state index in [4.69, 9.17) is 0 Å². The molecule has 0 aliphatic carbocycles. The predicted molar refractivity (Wildman–Crippen MR) is 21.5 cm³/mol. The average Bonchev–Trinajstić information content (AvgIpc) is 1.86. The van der Waals surface area contributed by atoms with Crippen LogP contribution in [0, 0.1) is 0 Å². The van der Waals surface area contributed by atoms with Crippen LogP contribution in [0.2, 0.25) is 0 Å². The summed E-state index contributed by atoms with van der Waals surface area (Å²) in [4.78, 5) is 0. The molecule has 1 heterocycles. The first-order valence-electron chi connectivity index (χ1n) is 1.40. The summed E-state index contributed by atoms with van der Waals surface area (Å²) in [5.41, 5.74) is 0. The maximum Gasteiger partial charge on any atom is 0.315 e. The third kappa shape index (κ3) is 0.514. The summed E-state index contributed by atoms with van der Waals surface area (Å²) in [6, 6.07) is 0. The van der Waals surface area contributed by atoms with Crippen molar-refractivity contribution in [2.45, 2.75) is 0 Å². The zero-order chi connectivity index (χ0) is 4.41. The Morgan fingerprint density at radius 3 is 2.83 bits per heavy atom. The maximum absolute atomic E-state index is 9.96. The zero-order valence-electron chi connectivity index (χ0n) is 2.88. The summed E-state index contributed by atoms with van der Waals surface area (Å²) in [5, 5.41) is 0. The lowest BCUT2D eigenvalue weighted by atomic mass is 11.0. The molecule has 1 aliphatic heterocycles. The normalized spacial score (nSPS) is 29.0. The minimum atomic E-state index is -1.28. The molecule has 1 aliphatic rings. The summed E-state index contributed by atoms with van der Waals surface area (Å²) >= 11 is -1.28. The molecule has 3 nitrogen and oxygen atoms in total. The summed E-state index contributed by atoms with van der Waals surface area (Å²) in [6.45, 7) is 0. The van der Waals surface area contributed by atoms with Crippen LogP contribution in [0.25, 0.3) is 0 Å². The lowest BCUT2D eigenvalue weighted by molar-refractivity contribution is 0.517. The van der Waals surface area contributed by atoms with Gasteiger partial charge >= 0.3 is 11.3 Å². The van der Waals surface area contributed by atoms with E-state index in [0.717, 1.165) is 0 Å². The largest absolute Gasteiger partial charge is 0.391 e. The molecule has 0 bridgehead atoms. The van der Waals surface area contributed by atoms with Crippen LogP contribution < -0.4 is 4.72 Å².